The summed E-state index contributed by atoms with van der Waals surface area (Å²) in [7, 11) is 1.51. The van der Waals surface area contributed by atoms with Gasteiger partial charge in [0.1, 0.15) is 5.75 Å². The van der Waals surface area contributed by atoms with E-state index in [0.717, 1.165) is 16.1 Å². The first-order chi connectivity index (χ1) is 15.8. The molecular weight excluding hydrogens is 420 g/mol. The van der Waals surface area contributed by atoms with E-state index in [1.165, 1.54) is 37.3 Å². The van der Waals surface area contributed by atoms with Gasteiger partial charge in [-0.1, -0.05) is 42.5 Å². The minimum Gasteiger partial charge on any atom is -0.497 e. The van der Waals surface area contributed by atoms with Crippen LogP contribution in [0.4, 0.5) is 0 Å². The Kier molecular flexibility index (Phi) is 5.87. The Labute approximate surface area is 191 Å². The lowest BCUT2D eigenvalue weighted by molar-refractivity contribution is -0.152. The highest BCUT2D eigenvalue weighted by Crippen LogP contribution is 2.35. The maximum absolute atomic E-state index is 13.1. The van der Waals surface area contributed by atoms with Gasteiger partial charge in [-0.15, -0.1) is 0 Å². The molecule has 0 atom stereocenters. The number of aliphatic carboxylic acids is 1. The van der Waals surface area contributed by atoms with Gasteiger partial charge >= 0.3 is 5.97 Å². The number of carboxylic acid groups (broad SMARTS) is 1. The van der Waals surface area contributed by atoms with E-state index in [9.17, 15) is 19.5 Å². The Morgan fingerprint density at radius 1 is 0.909 bits per heavy atom. The summed E-state index contributed by atoms with van der Waals surface area (Å²) in [6.07, 6.45) is 0.224. The maximum atomic E-state index is 13.1. The molecule has 0 aliphatic heterocycles. The van der Waals surface area contributed by atoms with Gasteiger partial charge < -0.3 is 9.84 Å². The molecule has 2 aromatic rings. The second-order valence-electron chi connectivity index (χ2n) is 8.08. The molecule has 0 radical (unpaired) electrons. The Morgan fingerprint density at radius 2 is 1.48 bits per heavy atom. The van der Waals surface area contributed by atoms with E-state index in [1.54, 1.807) is 12.1 Å². The molecule has 7 nitrogen and oxygen atoms in total. The maximum Gasteiger partial charge on any atom is 0.332 e. The number of carboxylic acids is 1. The van der Waals surface area contributed by atoms with Crippen molar-refractivity contribution >= 4 is 17.8 Å². The number of hydrogen-bond acceptors (Lipinski definition) is 4. The Hall–Kier alpha value is -4.13. The highest BCUT2D eigenvalue weighted by atomic mass is 16.5. The highest BCUT2D eigenvalue weighted by Gasteiger charge is 2.52. The summed E-state index contributed by atoms with van der Waals surface area (Å²) >= 11 is 0. The monoisotopic (exact) mass is 444 g/mol. The largest absolute Gasteiger partial charge is 0.497 e. The molecule has 3 aliphatic rings. The van der Waals surface area contributed by atoms with Crippen LogP contribution in [0, 0.1) is 0 Å². The predicted molar refractivity (Wildman–Crippen MR) is 123 cm³/mol. The van der Waals surface area contributed by atoms with Crippen LogP contribution in [0.5, 0.6) is 5.75 Å². The van der Waals surface area contributed by atoms with E-state index in [-0.39, 0.29) is 18.4 Å². The summed E-state index contributed by atoms with van der Waals surface area (Å²) in [4.78, 5) is 37.2. The van der Waals surface area contributed by atoms with Crippen LogP contribution in [-0.4, -0.2) is 40.5 Å². The quantitative estimate of drug-likeness (QED) is 0.470. The number of benzene rings is 3. The number of carbonyl (C=O) groups excluding carboxylic acids is 2. The number of methoxy groups -OCH3 is 1. The standard InChI is InChI=1S/C20H20N2O5.C6H4/c1-13(23)21-22(18(24)14-7-9-17(27-2)10-8-14)20(19(25)26)11-15-5-3-4-6-16(15)12-20;1-2-5-4-6(5)3-1/h3-10H,11-12H2,1-2H3,(H,21,23)(H,25,26);1-4H. The lowest BCUT2D eigenvalue weighted by Gasteiger charge is -2.37. The molecule has 7 heteroatoms. The van der Waals surface area contributed by atoms with E-state index < -0.39 is 23.3 Å². The first-order valence-electron chi connectivity index (χ1n) is 10.5. The number of amides is 2. The number of nitrogens with zero attached hydrogens (tertiary/aromatic N) is 1. The zero-order chi connectivity index (χ0) is 23.6. The van der Waals surface area contributed by atoms with E-state index in [1.807, 2.05) is 24.3 Å². The summed E-state index contributed by atoms with van der Waals surface area (Å²) in [5.74, 6) is -1.72. The van der Waals surface area contributed by atoms with Crippen LogP contribution in [0.2, 0.25) is 0 Å². The second-order valence-corrected chi connectivity index (χ2v) is 8.08. The number of hydrogen-bond donors (Lipinski definition) is 2. The van der Waals surface area contributed by atoms with E-state index in [2.05, 4.69) is 29.7 Å². The number of ether oxygens (including phenoxy) is 1. The van der Waals surface area contributed by atoms with Crippen molar-refractivity contribution in [1.82, 2.24) is 10.4 Å². The third-order valence-corrected chi connectivity index (χ3v) is 5.83. The molecular formula is C26H24N2O5. The van der Waals surface area contributed by atoms with Gasteiger partial charge in [-0.2, -0.15) is 0 Å². The van der Waals surface area contributed by atoms with Crippen molar-refractivity contribution in [2.45, 2.75) is 25.3 Å². The molecule has 2 aromatic carbocycles. The topological polar surface area (TPSA) is 95.9 Å². The first-order valence-corrected chi connectivity index (χ1v) is 10.5. The van der Waals surface area contributed by atoms with Crippen molar-refractivity contribution in [2.75, 3.05) is 7.11 Å². The molecule has 2 N–H and O–H groups in total. The predicted octanol–water partition coefficient (Wildman–Crippen LogP) is 3.48. The molecule has 0 fully saturated rings. The Balaban J connectivity index is 0.000000367. The fourth-order valence-electron chi connectivity index (χ4n) is 4.05. The molecule has 0 unspecified atom stereocenters. The SMILES string of the molecule is COc1ccc(C(=O)N(NC(C)=O)C2(C(=O)O)Cc3ccccc3C2)cc1.c1cc2cc-2c1. The van der Waals surface area contributed by atoms with Crippen LogP contribution < -0.4 is 10.2 Å². The van der Waals surface area contributed by atoms with Crippen molar-refractivity contribution in [3.63, 3.8) is 0 Å². The lowest BCUT2D eigenvalue weighted by Crippen LogP contribution is -2.64. The van der Waals surface area contributed by atoms with Crippen LogP contribution in [0.15, 0.2) is 72.8 Å². The zero-order valence-corrected chi connectivity index (χ0v) is 18.4. The molecule has 0 saturated heterocycles. The van der Waals surface area contributed by atoms with Gasteiger partial charge in [0.25, 0.3) is 5.91 Å². The number of nitrogens with one attached hydrogen (secondary N) is 1. The van der Waals surface area contributed by atoms with Gasteiger partial charge in [-0.05, 0) is 52.6 Å². The fraction of sp³-hybridized carbons (Fsp3) is 0.192. The third kappa shape index (κ3) is 4.43. The van der Waals surface area contributed by atoms with Crippen LogP contribution in [0.3, 0.4) is 0 Å². The molecule has 5 rings (SSSR count). The van der Waals surface area contributed by atoms with E-state index in [0.29, 0.717) is 5.75 Å². The van der Waals surface area contributed by atoms with Gasteiger partial charge in [0.2, 0.25) is 5.91 Å². The molecule has 33 heavy (non-hydrogen) atoms. The van der Waals surface area contributed by atoms with Crippen molar-refractivity contribution in [3.05, 3.63) is 89.5 Å². The Morgan fingerprint density at radius 3 is 1.88 bits per heavy atom. The summed E-state index contributed by atoms with van der Waals surface area (Å²) in [6.45, 7) is 1.24. The fourth-order valence-corrected chi connectivity index (χ4v) is 4.05. The number of fused-ring (bicyclic) bond motifs is 2. The highest BCUT2D eigenvalue weighted by molar-refractivity contribution is 5.99. The van der Waals surface area contributed by atoms with Gasteiger partial charge in [0.05, 0.1) is 7.11 Å². The van der Waals surface area contributed by atoms with Gasteiger partial charge in [-0.25, -0.2) is 9.80 Å². The van der Waals surface area contributed by atoms with Crippen molar-refractivity contribution in [3.8, 4) is 16.9 Å². The molecule has 0 saturated carbocycles. The number of carbonyl (C=O) groups is 3. The Bertz CT molecular complexity index is 1180. The number of rotatable bonds is 4. The van der Waals surface area contributed by atoms with Crippen molar-refractivity contribution in [1.29, 1.82) is 0 Å². The van der Waals surface area contributed by atoms with Crippen LogP contribution >= 0.6 is 0 Å². The number of hydrazine groups is 1. The third-order valence-electron chi connectivity index (χ3n) is 5.83. The van der Waals surface area contributed by atoms with Crippen molar-refractivity contribution < 1.29 is 24.2 Å². The molecule has 0 heterocycles. The molecule has 0 spiro atoms. The van der Waals surface area contributed by atoms with Crippen molar-refractivity contribution in [2.24, 2.45) is 0 Å². The molecule has 168 valence electrons. The zero-order valence-electron chi connectivity index (χ0n) is 18.4. The average molecular weight is 444 g/mol. The summed E-state index contributed by atoms with van der Waals surface area (Å²) in [6, 6.07) is 22.1. The summed E-state index contributed by atoms with van der Waals surface area (Å²) in [5, 5.41) is 11.0. The second kappa shape index (κ2) is 8.78. The van der Waals surface area contributed by atoms with Gasteiger partial charge in [0, 0.05) is 25.3 Å². The molecule has 2 amide bonds. The lowest BCUT2D eigenvalue weighted by atomic mass is 9.94. The van der Waals surface area contributed by atoms with Gasteiger partial charge in [-0.3, -0.25) is 15.0 Å². The van der Waals surface area contributed by atoms with Crippen LogP contribution in [0.1, 0.15) is 28.4 Å². The molecule has 3 aliphatic carbocycles. The van der Waals surface area contributed by atoms with Crippen LogP contribution in [-0.2, 0) is 22.4 Å². The smallest absolute Gasteiger partial charge is 0.332 e. The van der Waals surface area contributed by atoms with Crippen LogP contribution in [0.25, 0.3) is 11.1 Å². The minimum absolute atomic E-state index is 0.112. The van der Waals surface area contributed by atoms with E-state index in [4.69, 9.17) is 4.74 Å². The molecule has 0 aromatic heterocycles. The summed E-state index contributed by atoms with van der Waals surface area (Å²) in [5.41, 5.74) is 5.64. The van der Waals surface area contributed by atoms with E-state index >= 15 is 0 Å². The molecule has 0 bridgehead atoms. The average Bonchev–Trinajstić information content (AvgIpc) is 3.22. The first kappa shape index (κ1) is 22.1. The van der Waals surface area contributed by atoms with Gasteiger partial charge in [0.15, 0.2) is 5.54 Å². The normalized spacial score (nSPS) is 13.6. The minimum atomic E-state index is -1.59. The summed E-state index contributed by atoms with van der Waals surface area (Å²) < 4.78 is 5.09.